The molecule has 0 bridgehead atoms. The van der Waals surface area contributed by atoms with Crippen LogP contribution in [0.2, 0.25) is 0 Å². The summed E-state index contributed by atoms with van der Waals surface area (Å²) in [4.78, 5) is 24.2. The van der Waals surface area contributed by atoms with Crippen LogP contribution in [0, 0.1) is 5.92 Å². The molecule has 3 unspecified atom stereocenters. The lowest BCUT2D eigenvalue weighted by atomic mass is 9.77. The van der Waals surface area contributed by atoms with E-state index in [4.69, 9.17) is 24.4 Å². The second-order valence-electron chi connectivity index (χ2n) is 22.7. The van der Waals surface area contributed by atoms with Gasteiger partial charge >= 0.3 is 0 Å². The Hall–Kier alpha value is -11.0. The van der Waals surface area contributed by atoms with Gasteiger partial charge in [-0.05, 0) is 178 Å². The van der Waals surface area contributed by atoms with E-state index in [1.165, 1.54) is 33.5 Å². The Labute approximate surface area is 506 Å². The van der Waals surface area contributed by atoms with Gasteiger partial charge in [0, 0.05) is 93.4 Å². The van der Waals surface area contributed by atoms with Crippen LogP contribution in [-0.2, 0) is 6.42 Å². The zero-order chi connectivity index (χ0) is 57.6. The highest BCUT2D eigenvalue weighted by molar-refractivity contribution is 6.08. The van der Waals surface area contributed by atoms with Crippen molar-refractivity contribution in [3.05, 3.63) is 326 Å². The largest absolute Gasteiger partial charge is 0.456 e. The van der Waals surface area contributed by atoms with Crippen LogP contribution in [0.25, 0.3) is 89.1 Å². The highest BCUT2D eigenvalue weighted by Gasteiger charge is 2.40. The van der Waals surface area contributed by atoms with Crippen molar-refractivity contribution < 1.29 is 4.42 Å². The zero-order valence-corrected chi connectivity index (χ0v) is 47.7. The molecular formula is C80H58N6O. The van der Waals surface area contributed by atoms with Gasteiger partial charge in [0.2, 0.25) is 0 Å². The van der Waals surface area contributed by atoms with E-state index in [1.54, 1.807) is 0 Å². The number of allylic oxidation sites excluding steroid dienone is 9. The fourth-order valence-electron chi connectivity index (χ4n) is 13.7. The van der Waals surface area contributed by atoms with Crippen LogP contribution < -0.4 is 9.80 Å². The summed E-state index contributed by atoms with van der Waals surface area (Å²) in [5.41, 5.74) is 25.4. The number of benzene rings is 7. The summed E-state index contributed by atoms with van der Waals surface area (Å²) >= 11 is 0. The average Bonchev–Trinajstić information content (AvgIpc) is 1.99. The second kappa shape index (κ2) is 22.2. The molecule has 0 fully saturated rings. The number of nitrogens with zero attached hydrogens (tertiary/aromatic N) is 6. The van der Waals surface area contributed by atoms with E-state index in [-0.39, 0.29) is 17.9 Å². The van der Waals surface area contributed by atoms with Gasteiger partial charge < -0.3 is 14.2 Å². The van der Waals surface area contributed by atoms with E-state index in [0.29, 0.717) is 13.0 Å². The minimum atomic E-state index is 0.0288. The molecule has 12 aromatic rings. The fraction of sp³-hybridized carbons (Fsp3) is 0.0750. The zero-order valence-electron chi connectivity index (χ0n) is 47.7. The van der Waals surface area contributed by atoms with E-state index in [9.17, 15) is 0 Å². The SMILES string of the molecule is C1=CCC(C2=CC3c4cc(-c5ccccc5-c5ccccn5)ccc4N(c4ccc5oc6ccc(N7C/C=C\C(c8ccccc8-c8ccccn8)=C/Cc8cc(-c9ccccc9-c9ccccn9)ccc87)cc6c5c4)C3C=C2)C(c2ccccn2)=C1. The number of pyridine rings is 4. The van der Waals surface area contributed by atoms with Gasteiger partial charge in [-0.25, -0.2) is 0 Å². The van der Waals surface area contributed by atoms with Crippen LogP contribution in [0.5, 0.6) is 0 Å². The van der Waals surface area contributed by atoms with Crippen LogP contribution in [0.3, 0.4) is 0 Å². The Morgan fingerprint density at radius 3 is 1.64 bits per heavy atom. The molecule has 87 heavy (non-hydrogen) atoms. The Morgan fingerprint density at radius 1 is 0.460 bits per heavy atom. The molecule has 16 rings (SSSR count). The summed E-state index contributed by atoms with van der Waals surface area (Å²) in [6.07, 6.45) is 30.2. The van der Waals surface area contributed by atoms with Gasteiger partial charge in [-0.15, -0.1) is 0 Å². The van der Waals surface area contributed by atoms with Crippen LogP contribution >= 0.6 is 0 Å². The minimum Gasteiger partial charge on any atom is -0.456 e. The quantitative estimate of drug-likeness (QED) is 0.135. The maximum atomic E-state index is 6.77. The van der Waals surface area contributed by atoms with E-state index in [2.05, 4.69) is 259 Å². The molecule has 7 heteroatoms. The molecule has 414 valence electrons. The molecule has 0 spiro atoms. The lowest BCUT2D eigenvalue weighted by Gasteiger charge is -2.32. The van der Waals surface area contributed by atoms with Crippen LogP contribution in [0.15, 0.2) is 308 Å². The Balaban J connectivity index is 0.805. The summed E-state index contributed by atoms with van der Waals surface area (Å²) in [5, 5.41) is 2.14. The summed E-state index contributed by atoms with van der Waals surface area (Å²) in [6.45, 7) is 0.632. The molecule has 2 aliphatic heterocycles. The van der Waals surface area contributed by atoms with E-state index >= 15 is 0 Å². The summed E-state index contributed by atoms with van der Waals surface area (Å²) in [6, 6.07) is 78.0. The number of anilines is 4. The number of hydrogen-bond acceptors (Lipinski definition) is 7. The van der Waals surface area contributed by atoms with Gasteiger partial charge in [0.1, 0.15) is 11.2 Å². The van der Waals surface area contributed by atoms with Crippen LogP contribution in [0.1, 0.15) is 34.7 Å². The normalized spacial score (nSPS) is 17.9. The van der Waals surface area contributed by atoms with Crippen molar-refractivity contribution in [2.24, 2.45) is 5.92 Å². The molecule has 7 nitrogen and oxygen atoms in total. The first-order valence-corrected chi connectivity index (χ1v) is 30.0. The average molecular weight is 1120 g/mol. The molecule has 4 aliphatic rings. The van der Waals surface area contributed by atoms with Gasteiger partial charge in [0.15, 0.2) is 0 Å². The molecular weight excluding hydrogens is 1060 g/mol. The third-order valence-corrected chi connectivity index (χ3v) is 17.8. The molecule has 0 radical (unpaired) electrons. The van der Waals surface area contributed by atoms with Gasteiger partial charge in [0.25, 0.3) is 0 Å². The van der Waals surface area contributed by atoms with Crippen molar-refractivity contribution in [1.82, 2.24) is 19.9 Å². The Bertz CT molecular complexity index is 4810. The summed E-state index contributed by atoms with van der Waals surface area (Å²) in [5.74, 6) is 0.257. The maximum Gasteiger partial charge on any atom is 0.135 e. The highest BCUT2D eigenvalue weighted by atomic mass is 16.3. The molecule has 2 aliphatic carbocycles. The van der Waals surface area contributed by atoms with Crippen molar-refractivity contribution in [3.8, 4) is 56.0 Å². The molecule has 7 heterocycles. The number of hydrogen-bond donors (Lipinski definition) is 0. The number of aromatic nitrogens is 4. The lowest BCUT2D eigenvalue weighted by Crippen LogP contribution is -2.29. The van der Waals surface area contributed by atoms with Crippen molar-refractivity contribution in [1.29, 1.82) is 0 Å². The predicted octanol–water partition coefficient (Wildman–Crippen LogP) is 19.6. The molecule has 0 saturated carbocycles. The molecule has 5 aromatic heterocycles. The van der Waals surface area contributed by atoms with Crippen molar-refractivity contribution in [2.45, 2.75) is 24.8 Å². The lowest BCUT2D eigenvalue weighted by molar-refractivity contribution is 0.668. The molecule has 0 N–H and O–H groups in total. The summed E-state index contributed by atoms with van der Waals surface area (Å²) < 4.78 is 6.77. The van der Waals surface area contributed by atoms with E-state index < -0.39 is 0 Å². The molecule has 3 atom stereocenters. The standard InChI is InChI=1S/C80H58N6O/c1-5-23-64(72-27-9-13-43-81-72)60(19-1)53-18-17-47-85(76-38-33-54(48-57(76)32-31-53)61-20-2-6-24-65(61)73-28-10-14-44-82-73)58-36-41-79-70(51-58)71-52-59(37-42-80(71)87-79)86-77-39-34-55(62-21-3-7-25-66(62)74-29-11-15-45-83-74)49-68(77)69-50-56(35-40-78(69)86)63-22-4-8-26-67(63)75-30-12-16-46-84-75/h1-21,23-31,33-46,48-52,63,69,78H,22,32,47H2/b18-17-,53-31+. The van der Waals surface area contributed by atoms with Crippen molar-refractivity contribution >= 4 is 55.8 Å². The van der Waals surface area contributed by atoms with Gasteiger partial charge in [0.05, 0.1) is 28.8 Å². The van der Waals surface area contributed by atoms with E-state index in [0.717, 1.165) is 113 Å². The Morgan fingerprint density at radius 2 is 1.01 bits per heavy atom. The topological polar surface area (TPSA) is 71.2 Å². The van der Waals surface area contributed by atoms with Gasteiger partial charge in [-0.2, -0.15) is 0 Å². The maximum absolute atomic E-state index is 6.77. The first-order valence-electron chi connectivity index (χ1n) is 30.0. The third kappa shape index (κ3) is 9.50. The monoisotopic (exact) mass is 1120 g/mol. The highest BCUT2D eigenvalue weighted by Crippen LogP contribution is 2.53. The molecule has 7 aromatic carbocycles. The third-order valence-electron chi connectivity index (χ3n) is 17.8. The minimum absolute atomic E-state index is 0.0288. The second-order valence-corrected chi connectivity index (χ2v) is 22.7. The molecule has 0 amide bonds. The first kappa shape index (κ1) is 51.6. The first-order chi connectivity index (χ1) is 43.1. The summed E-state index contributed by atoms with van der Waals surface area (Å²) in [7, 11) is 0. The smallest absolute Gasteiger partial charge is 0.135 e. The Kier molecular flexibility index (Phi) is 13.2. The van der Waals surface area contributed by atoms with Gasteiger partial charge in [-0.1, -0.05) is 164 Å². The van der Waals surface area contributed by atoms with E-state index in [1.807, 2.05) is 49.1 Å². The number of rotatable bonds is 10. The van der Waals surface area contributed by atoms with Crippen molar-refractivity contribution in [3.63, 3.8) is 0 Å². The fourth-order valence-corrected chi connectivity index (χ4v) is 13.7. The van der Waals surface area contributed by atoms with Crippen LogP contribution in [-0.4, -0.2) is 32.5 Å². The van der Waals surface area contributed by atoms with Crippen molar-refractivity contribution in [2.75, 3.05) is 16.3 Å². The van der Waals surface area contributed by atoms with Gasteiger partial charge in [-0.3, -0.25) is 19.9 Å². The van der Waals surface area contributed by atoms with Crippen LogP contribution in [0.4, 0.5) is 22.7 Å². The number of furan rings is 1. The predicted molar refractivity (Wildman–Crippen MR) is 357 cm³/mol. The molecule has 0 saturated heterocycles. The number of fused-ring (bicyclic) bond motifs is 7.